The Morgan fingerprint density at radius 1 is 1.17 bits per heavy atom. The lowest BCUT2D eigenvalue weighted by atomic mass is 10.1. The monoisotopic (exact) mass is 516 g/mol. The van der Waals surface area contributed by atoms with E-state index in [1.807, 2.05) is 0 Å². The molecular formula is C22H37IN4O2. The van der Waals surface area contributed by atoms with Crippen molar-refractivity contribution in [1.29, 1.82) is 0 Å². The third-order valence-corrected chi connectivity index (χ3v) is 5.82. The Labute approximate surface area is 193 Å². The number of hydrogen-bond acceptors (Lipinski definition) is 4. The molecule has 3 rings (SSSR count). The van der Waals surface area contributed by atoms with Crippen LogP contribution in [0.5, 0.6) is 5.75 Å². The highest BCUT2D eigenvalue weighted by atomic mass is 127. The van der Waals surface area contributed by atoms with E-state index in [4.69, 9.17) is 14.5 Å². The van der Waals surface area contributed by atoms with E-state index < -0.39 is 0 Å². The van der Waals surface area contributed by atoms with Gasteiger partial charge >= 0.3 is 0 Å². The van der Waals surface area contributed by atoms with Crippen molar-refractivity contribution in [3.63, 3.8) is 0 Å². The lowest BCUT2D eigenvalue weighted by Crippen LogP contribution is -2.41. The third-order valence-electron chi connectivity index (χ3n) is 5.82. The summed E-state index contributed by atoms with van der Waals surface area (Å²) >= 11 is 0. The van der Waals surface area contributed by atoms with E-state index in [0.29, 0.717) is 12.0 Å². The predicted molar refractivity (Wildman–Crippen MR) is 129 cm³/mol. The second kappa shape index (κ2) is 12.6. The summed E-state index contributed by atoms with van der Waals surface area (Å²) in [5.41, 5.74) is 1.32. The van der Waals surface area contributed by atoms with Gasteiger partial charge in [-0.25, -0.2) is 0 Å². The number of methoxy groups -OCH3 is 2. The van der Waals surface area contributed by atoms with Crippen LogP contribution in [0.2, 0.25) is 0 Å². The molecular weight excluding hydrogens is 479 g/mol. The van der Waals surface area contributed by atoms with Gasteiger partial charge in [0.1, 0.15) is 5.75 Å². The van der Waals surface area contributed by atoms with Crippen molar-refractivity contribution in [2.24, 2.45) is 10.9 Å². The minimum absolute atomic E-state index is 0. The van der Waals surface area contributed by atoms with Crippen LogP contribution in [-0.4, -0.2) is 75.9 Å². The summed E-state index contributed by atoms with van der Waals surface area (Å²) in [5.74, 6) is 2.55. The number of rotatable bonds is 8. The van der Waals surface area contributed by atoms with Crippen LogP contribution >= 0.6 is 24.0 Å². The number of nitrogens with one attached hydrogen (secondary N) is 1. The van der Waals surface area contributed by atoms with Gasteiger partial charge in [0.25, 0.3) is 0 Å². The van der Waals surface area contributed by atoms with Crippen molar-refractivity contribution in [3.05, 3.63) is 29.8 Å². The molecule has 0 bridgehead atoms. The van der Waals surface area contributed by atoms with Gasteiger partial charge in [0.05, 0.1) is 26.3 Å². The summed E-state index contributed by atoms with van der Waals surface area (Å²) < 4.78 is 10.7. The van der Waals surface area contributed by atoms with Gasteiger partial charge in [-0.2, -0.15) is 0 Å². The van der Waals surface area contributed by atoms with Crippen LogP contribution in [-0.2, 0) is 4.74 Å². The molecule has 2 unspecified atom stereocenters. The van der Waals surface area contributed by atoms with E-state index in [1.54, 1.807) is 14.2 Å². The van der Waals surface area contributed by atoms with Gasteiger partial charge in [-0.3, -0.25) is 9.89 Å². The number of ether oxygens (including phenoxy) is 2. The Bertz CT molecular complexity index is 620. The van der Waals surface area contributed by atoms with Crippen molar-refractivity contribution >= 4 is 29.9 Å². The number of likely N-dealkylation sites (tertiary alicyclic amines) is 2. The SMILES string of the molecule is CCNC(=NCC(c1ccc(OC)cc1)N1CCCC1)N1CCC(COC)C1.I. The second-order valence-corrected chi connectivity index (χ2v) is 7.78. The molecule has 7 heteroatoms. The number of aliphatic imine (C=N–C) groups is 1. The largest absolute Gasteiger partial charge is 0.497 e. The maximum Gasteiger partial charge on any atom is 0.193 e. The molecule has 2 aliphatic heterocycles. The van der Waals surface area contributed by atoms with Crippen molar-refractivity contribution in [2.75, 3.05) is 60.1 Å². The molecule has 1 aromatic carbocycles. The van der Waals surface area contributed by atoms with Crippen LogP contribution in [0, 0.1) is 5.92 Å². The highest BCUT2D eigenvalue weighted by Crippen LogP contribution is 2.27. The topological polar surface area (TPSA) is 49.3 Å². The molecule has 1 N–H and O–H groups in total. The van der Waals surface area contributed by atoms with Gasteiger partial charge < -0.3 is 19.7 Å². The Balaban J connectivity index is 0.00000300. The molecule has 29 heavy (non-hydrogen) atoms. The van der Waals surface area contributed by atoms with E-state index in [2.05, 4.69) is 46.3 Å². The molecule has 0 aromatic heterocycles. The number of guanidine groups is 1. The highest BCUT2D eigenvalue weighted by molar-refractivity contribution is 14.0. The first-order valence-electron chi connectivity index (χ1n) is 10.6. The van der Waals surface area contributed by atoms with Gasteiger partial charge in [0.2, 0.25) is 0 Å². The maximum absolute atomic E-state index is 5.35. The lowest BCUT2D eigenvalue weighted by molar-refractivity contribution is 0.157. The quantitative estimate of drug-likeness (QED) is 0.326. The van der Waals surface area contributed by atoms with Crippen LogP contribution in [0.1, 0.15) is 37.8 Å². The molecule has 0 aliphatic carbocycles. The number of benzene rings is 1. The van der Waals surface area contributed by atoms with Gasteiger partial charge in [0.15, 0.2) is 5.96 Å². The van der Waals surface area contributed by atoms with Crippen LogP contribution in [0.4, 0.5) is 0 Å². The zero-order valence-corrected chi connectivity index (χ0v) is 20.4. The average molecular weight is 516 g/mol. The van der Waals surface area contributed by atoms with E-state index in [0.717, 1.165) is 57.6 Å². The summed E-state index contributed by atoms with van der Waals surface area (Å²) in [6, 6.07) is 8.81. The zero-order valence-electron chi connectivity index (χ0n) is 18.1. The number of hydrogen-bond donors (Lipinski definition) is 1. The van der Waals surface area contributed by atoms with E-state index in [9.17, 15) is 0 Å². The Hall–Kier alpha value is -1.06. The predicted octanol–water partition coefficient (Wildman–Crippen LogP) is 3.38. The van der Waals surface area contributed by atoms with Crippen LogP contribution in [0.25, 0.3) is 0 Å². The summed E-state index contributed by atoms with van der Waals surface area (Å²) in [6.45, 7) is 9.03. The zero-order chi connectivity index (χ0) is 19.8. The second-order valence-electron chi connectivity index (χ2n) is 7.78. The van der Waals surface area contributed by atoms with Crippen molar-refractivity contribution in [3.8, 4) is 5.75 Å². The molecule has 2 atom stereocenters. The summed E-state index contributed by atoms with van der Waals surface area (Å²) in [5, 5.41) is 3.50. The molecule has 0 saturated carbocycles. The first-order chi connectivity index (χ1) is 13.7. The standard InChI is InChI=1S/C22H36N4O2.HI/c1-4-23-22(26-14-11-18(16-26)17-27-2)24-15-21(25-12-5-6-13-25)19-7-9-20(28-3)10-8-19;/h7-10,18,21H,4-6,11-17H2,1-3H3,(H,23,24);1H. The molecule has 164 valence electrons. The molecule has 2 fully saturated rings. The first-order valence-corrected chi connectivity index (χ1v) is 10.6. The smallest absolute Gasteiger partial charge is 0.193 e. The Morgan fingerprint density at radius 3 is 2.52 bits per heavy atom. The molecule has 2 aliphatic rings. The van der Waals surface area contributed by atoms with E-state index in [-0.39, 0.29) is 24.0 Å². The molecule has 0 amide bonds. The van der Waals surface area contributed by atoms with Gasteiger partial charge in [-0.05, 0) is 57.0 Å². The number of halogens is 1. The van der Waals surface area contributed by atoms with Gasteiger partial charge in [-0.1, -0.05) is 12.1 Å². The molecule has 0 radical (unpaired) electrons. The lowest BCUT2D eigenvalue weighted by Gasteiger charge is -2.28. The average Bonchev–Trinajstić information content (AvgIpc) is 3.41. The Morgan fingerprint density at radius 2 is 1.90 bits per heavy atom. The van der Waals surface area contributed by atoms with Crippen molar-refractivity contribution in [2.45, 2.75) is 32.2 Å². The highest BCUT2D eigenvalue weighted by Gasteiger charge is 2.27. The van der Waals surface area contributed by atoms with E-state index in [1.165, 1.54) is 24.8 Å². The minimum atomic E-state index is 0. The molecule has 2 heterocycles. The van der Waals surface area contributed by atoms with Gasteiger partial charge in [0, 0.05) is 32.7 Å². The molecule has 1 aromatic rings. The minimum Gasteiger partial charge on any atom is -0.497 e. The fourth-order valence-corrected chi connectivity index (χ4v) is 4.31. The van der Waals surface area contributed by atoms with Crippen LogP contribution in [0.3, 0.4) is 0 Å². The van der Waals surface area contributed by atoms with Crippen molar-refractivity contribution < 1.29 is 9.47 Å². The summed E-state index contributed by atoms with van der Waals surface area (Å²) in [7, 11) is 3.50. The summed E-state index contributed by atoms with van der Waals surface area (Å²) in [4.78, 5) is 10.0. The first kappa shape index (κ1) is 24.2. The Kier molecular flexibility index (Phi) is 10.5. The van der Waals surface area contributed by atoms with Crippen LogP contribution < -0.4 is 10.1 Å². The fourth-order valence-electron chi connectivity index (χ4n) is 4.31. The van der Waals surface area contributed by atoms with E-state index >= 15 is 0 Å². The van der Waals surface area contributed by atoms with Gasteiger partial charge in [-0.15, -0.1) is 24.0 Å². The fraction of sp³-hybridized carbons (Fsp3) is 0.682. The third kappa shape index (κ3) is 6.72. The van der Waals surface area contributed by atoms with Crippen LogP contribution in [0.15, 0.2) is 29.3 Å². The number of nitrogens with zero attached hydrogens (tertiary/aromatic N) is 3. The normalized spacial score (nSPS) is 21.1. The maximum atomic E-state index is 5.35. The van der Waals surface area contributed by atoms with Crippen molar-refractivity contribution in [1.82, 2.24) is 15.1 Å². The molecule has 6 nitrogen and oxygen atoms in total. The molecule has 2 saturated heterocycles. The molecule has 0 spiro atoms. The summed E-state index contributed by atoms with van der Waals surface area (Å²) in [6.07, 6.45) is 3.73.